The standard InChI is InChI=1S/C14H16N2O2S2/c1-9-8-19-14(15-9)16-13(17)10(2)20-12-6-4-11(18-3)5-7-12/h4-8,10H,1-3H3,(H,15,16,17). The number of thiazole rings is 1. The third-order valence-corrected chi connectivity index (χ3v) is 4.58. The minimum absolute atomic E-state index is 0.0415. The monoisotopic (exact) mass is 308 g/mol. The highest BCUT2D eigenvalue weighted by Gasteiger charge is 2.15. The van der Waals surface area contributed by atoms with E-state index in [0.717, 1.165) is 16.3 Å². The van der Waals surface area contributed by atoms with Gasteiger partial charge in [0.1, 0.15) is 5.75 Å². The lowest BCUT2D eigenvalue weighted by molar-refractivity contribution is -0.115. The minimum atomic E-state index is -0.187. The number of nitrogens with one attached hydrogen (secondary N) is 1. The van der Waals surface area contributed by atoms with E-state index in [9.17, 15) is 4.79 Å². The second-order valence-corrected chi connectivity index (χ2v) is 6.49. The number of aryl methyl sites for hydroxylation is 1. The summed E-state index contributed by atoms with van der Waals surface area (Å²) in [5.74, 6) is 0.768. The molecule has 0 bridgehead atoms. The highest BCUT2D eigenvalue weighted by molar-refractivity contribution is 8.00. The van der Waals surface area contributed by atoms with E-state index in [1.54, 1.807) is 7.11 Å². The van der Waals surface area contributed by atoms with Crippen LogP contribution in [0.1, 0.15) is 12.6 Å². The van der Waals surface area contributed by atoms with Gasteiger partial charge in [-0.1, -0.05) is 0 Å². The first-order valence-corrected chi connectivity index (χ1v) is 7.88. The van der Waals surface area contributed by atoms with E-state index in [2.05, 4.69) is 10.3 Å². The predicted octanol–water partition coefficient (Wildman–Crippen LogP) is 3.58. The molecule has 0 aliphatic carbocycles. The quantitative estimate of drug-likeness (QED) is 0.858. The Balaban J connectivity index is 1.92. The highest BCUT2D eigenvalue weighted by atomic mass is 32.2. The number of anilines is 1. The van der Waals surface area contributed by atoms with E-state index >= 15 is 0 Å². The molecule has 1 atom stereocenters. The van der Waals surface area contributed by atoms with Crippen molar-refractivity contribution < 1.29 is 9.53 Å². The Labute approximate surface area is 126 Å². The molecule has 4 nitrogen and oxygen atoms in total. The zero-order chi connectivity index (χ0) is 14.5. The largest absolute Gasteiger partial charge is 0.497 e. The van der Waals surface area contributed by atoms with Gasteiger partial charge < -0.3 is 10.1 Å². The molecule has 1 amide bonds. The van der Waals surface area contributed by atoms with Crippen LogP contribution in [0.4, 0.5) is 5.13 Å². The number of amides is 1. The molecule has 1 aromatic heterocycles. The molecule has 0 aliphatic heterocycles. The van der Waals surface area contributed by atoms with Gasteiger partial charge in [-0.3, -0.25) is 4.79 Å². The summed E-state index contributed by atoms with van der Waals surface area (Å²) < 4.78 is 5.11. The maximum absolute atomic E-state index is 12.1. The van der Waals surface area contributed by atoms with Crippen molar-refractivity contribution in [3.8, 4) is 5.75 Å². The van der Waals surface area contributed by atoms with Crippen LogP contribution in [0.5, 0.6) is 5.75 Å². The molecule has 0 spiro atoms. The van der Waals surface area contributed by atoms with E-state index in [1.807, 2.05) is 43.5 Å². The number of ether oxygens (including phenoxy) is 1. The second kappa shape index (κ2) is 6.76. The first-order valence-electron chi connectivity index (χ1n) is 6.12. The Bertz CT molecular complexity index is 581. The van der Waals surface area contributed by atoms with Gasteiger partial charge in [0.25, 0.3) is 0 Å². The smallest absolute Gasteiger partial charge is 0.239 e. The minimum Gasteiger partial charge on any atom is -0.497 e. The highest BCUT2D eigenvalue weighted by Crippen LogP contribution is 2.26. The van der Waals surface area contributed by atoms with Crippen LogP contribution in [-0.4, -0.2) is 23.3 Å². The Kier molecular flexibility index (Phi) is 5.03. The molecule has 0 fully saturated rings. The Morgan fingerprint density at radius 3 is 2.65 bits per heavy atom. The van der Waals surface area contributed by atoms with Gasteiger partial charge in [0.2, 0.25) is 5.91 Å². The van der Waals surface area contributed by atoms with Crippen LogP contribution >= 0.6 is 23.1 Å². The lowest BCUT2D eigenvalue weighted by Crippen LogP contribution is -2.22. The van der Waals surface area contributed by atoms with Crippen molar-refractivity contribution in [3.63, 3.8) is 0 Å². The summed E-state index contributed by atoms with van der Waals surface area (Å²) in [5.41, 5.74) is 0.917. The van der Waals surface area contributed by atoms with E-state index < -0.39 is 0 Å². The maximum Gasteiger partial charge on any atom is 0.239 e. The first-order chi connectivity index (χ1) is 9.58. The van der Waals surface area contributed by atoms with Gasteiger partial charge in [-0.2, -0.15) is 0 Å². The average molecular weight is 308 g/mol. The Morgan fingerprint density at radius 1 is 1.40 bits per heavy atom. The fourth-order valence-electron chi connectivity index (χ4n) is 1.53. The second-order valence-electron chi connectivity index (χ2n) is 4.22. The van der Waals surface area contributed by atoms with E-state index in [4.69, 9.17) is 4.74 Å². The number of nitrogens with zero attached hydrogens (tertiary/aromatic N) is 1. The zero-order valence-electron chi connectivity index (χ0n) is 11.5. The van der Waals surface area contributed by atoms with Crippen molar-refractivity contribution in [1.82, 2.24) is 4.98 Å². The predicted molar refractivity (Wildman–Crippen MR) is 83.8 cm³/mol. The molecule has 0 radical (unpaired) electrons. The number of hydrogen-bond donors (Lipinski definition) is 1. The molecule has 20 heavy (non-hydrogen) atoms. The van der Waals surface area contributed by atoms with Gasteiger partial charge in [0.05, 0.1) is 18.1 Å². The number of rotatable bonds is 5. The first kappa shape index (κ1) is 14.9. The molecule has 1 unspecified atom stereocenters. The molecule has 1 N–H and O–H groups in total. The summed E-state index contributed by atoms with van der Waals surface area (Å²) in [6.07, 6.45) is 0. The molecule has 1 aromatic carbocycles. The summed E-state index contributed by atoms with van der Waals surface area (Å²) in [6.45, 7) is 3.78. The van der Waals surface area contributed by atoms with Crippen molar-refractivity contribution >= 4 is 34.1 Å². The van der Waals surface area contributed by atoms with Crippen LogP contribution in [0.15, 0.2) is 34.5 Å². The number of hydrogen-bond acceptors (Lipinski definition) is 5. The summed E-state index contributed by atoms with van der Waals surface area (Å²) >= 11 is 2.94. The summed E-state index contributed by atoms with van der Waals surface area (Å²) in [4.78, 5) is 17.3. The van der Waals surface area contributed by atoms with Gasteiger partial charge in [-0.05, 0) is 38.1 Å². The normalized spacial score (nSPS) is 11.9. The number of benzene rings is 1. The summed E-state index contributed by atoms with van der Waals surface area (Å²) in [7, 11) is 1.63. The lowest BCUT2D eigenvalue weighted by atomic mass is 10.3. The molecule has 6 heteroatoms. The maximum atomic E-state index is 12.1. The number of carbonyl (C=O) groups excluding carboxylic acids is 1. The lowest BCUT2D eigenvalue weighted by Gasteiger charge is -2.10. The number of thioether (sulfide) groups is 1. The number of carbonyl (C=O) groups is 1. The molecule has 0 aliphatic rings. The Hall–Kier alpha value is -1.53. The third kappa shape index (κ3) is 3.98. The van der Waals surface area contributed by atoms with Crippen LogP contribution in [0.3, 0.4) is 0 Å². The molecule has 1 heterocycles. The van der Waals surface area contributed by atoms with Gasteiger partial charge >= 0.3 is 0 Å². The summed E-state index contributed by atoms with van der Waals surface area (Å²) in [5, 5.41) is 5.20. The molecule has 2 aromatic rings. The van der Waals surface area contributed by atoms with Crippen LogP contribution in [0, 0.1) is 6.92 Å². The van der Waals surface area contributed by atoms with Gasteiger partial charge in [-0.15, -0.1) is 23.1 Å². The summed E-state index contributed by atoms with van der Waals surface area (Å²) in [6, 6.07) is 7.66. The zero-order valence-corrected chi connectivity index (χ0v) is 13.2. The number of aromatic nitrogens is 1. The molecular formula is C14H16N2O2S2. The topological polar surface area (TPSA) is 51.2 Å². The fourth-order valence-corrected chi connectivity index (χ4v) is 3.09. The van der Waals surface area contributed by atoms with Crippen LogP contribution < -0.4 is 10.1 Å². The van der Waals surface area contributed by atoms with Crippen molar-refractivity contribution in [2.24, 2.45) is 0 Å². The van der Waals surface area contributed by atoms with Crippen LogP contribution in [0.2, 0.25) is 0 Å². The molecule has 0 saturated carbocycles. The van der Waals surface area contributed by atoms with Gasteiger partial charge in [0, 0.05) is 10.3 Å². The average Bonchev–Trinajstić information content (AvgIpc) is 2.85. The van der Waals surface area contributed by atoms with E-state index in [0.29, 0.717) is 5.13 Å². The molecule has 106 valence electrons. The molecule has 0 saturated heterocycles. The van der Waals surface area contributed by atoms with Gasteiger partial charge in [0.15, 0.2) is 5.13 Å². The van der Waals surface area contributed by atoms with Crippen molar-refractivity contribution in [3.05, 3.63) is 35.3 Å². The van der Waals surface area contributed by atoms with E-state index in [1.165, 1.54) is 23.1 Å². The van der Waals surface area contributed by atoms with Crippen LogP contribution in [-0.2, 0) is 4.79 Å². The van der Waals surface area contributed by atoms with Crippen molar-refractivity contribution in [2.75, 3.05) is 12.4 Å². The van der Waals surface area contributed by atoms with Crippen molar-refractivity contribution in [1.29, 1.82) is 0 Å². The SMILES string of the molecule is COc1ccc(SC(C)C(=O)Nc2nc(C)cs2)cc1. The fraction of sp³-hybridized carbons (Fsp3) is 0.286. The number of methoxy groups -OCH3 is 1. The Morgan fingerprint density at radius 2 is 2.10 bits per heavy atom. The van der Waals surface area contributed by atoms with Crippen molar-refractivity contribution in [2.45, 2.75) is 24.0 Å². The van der Waals surface area contributed by atoms with Crippen LogP contribution in [0.25, 0.3) is 0 Å². The molecular weight excluding hydrogens is 292 g/mol. The molecule has 2 rings (SSSR count). The van der Waals surface area contributed by atoms with Gasteiger partial charge in [-0.25, -0.2) is 4.98 Å². The van der Waals surface area contributed by atoms with E-state index in [-0.39, 0.29) is 11.2 Å². The third-order valence-electron chi connectivity index (χ3n) is 2.59.